The van der Waals surface area contributed by atoms with Crippen LogP contribution in [0.3, 0.4) is 0 Å². The molecule has 2 fully saturated rings. The molecule has 112 valence electrons. The minimum atomic E-state index is -4.27. The van der Waals surface area contributed by atoms with Crippen molar-refractivity contribution in [2.75, 3.05) is 26.3 Å². The van der Waals surface area contributed by atoms with Gasteiger partial charge in [-0.05, 0) is 13.0 Å². The predicted octanol–water partition coefficient (Wildman–Crippen LogP) is 1.53. The zero-order valence-corrected chi connectivity index (χ0v) is 10.9. The highest BCUT2D eigenvalue weighted by atomic mass is 19.4. The lowest BCUT2D eigenvalue weighted by Crippen LogP contribution is -2.55. The Labute approximate surface area is 110 Å². The molecular formula is C12H20F3NO3. The molecule has 4 nitrogen and oxygen atoms in total. The van der Waals surface area contributed by atoms with Gasteiger partial charge in [-0.15, -0.1) is 0 Å². The maximum absolute atomic E-state index is 12.6. The lowest BCUT2D eigenvalue weighted by atomic mass is 9.86. The van der Waals surface area contributed by atoms with E-state index in [9.17, 15) is 18.3 Å². The molecule has 19 heavy (non-hydrogen) atoms. The molecule has 7 heteroatoms. The number of aliphatic hydroxyl groups is 1. The van der Waals surface area contributed by atoms with Crippen molar-refractivity contribution in [3.63, 3.8) is 0 Å². The Balaban J connectivity index is 2.06. The normalized spacial score (nSPS) is 31.3. The van der Waals surface area contributed by atoms with E-state index in [4.69, 9.17) is 9.47 Å². The van der Waals surface area contributed by atoms with E-state index in [-0.39, 0.29) is 13.0 Å². The Morgan fingerprint density at radius 2 is 1.95 bits per heavy atom. The SMILES string of the molecule is CCN(CC(F)(F)F)C1CC2(CCC1O)OCCO2. The minimum absolute atomic E-state index is 0.233. The first kappa shape index (κ1) is 15.0. The van der Waals surface area contributed by atoms with E-state index in [2.05, 4.69) is 0 Å². The first-order valence-corrected chi connectivity index (χ1v) is 6.62. The van der Waals surface area contributed by atoms with Gasteiger partial charge in [0.1, 0.15) is 0 Å². The Morgan fingerprint density at radius 1 is 1.32 bits per heavy atom. The van der Waals surface area contributed by atoms with Gasteiger partial charge in [0.25, 0.3) is 0 Å². The molecule has 0 aromatic heterocycles. The van der Waals surface area contributed by atoms with Crippen LogP contribution in [-0.2, 0) is 9.47 Å². The van der Waals surface area contributed by atoms with Gasteiger partial charge in [0.15, 0.2) is 5.79 Å². The summed E-state index contributed by atoms with van der Waals surface area (Å²) in [6, 6.07) is -0.571. The van der Waals surface area contributed by atoms with Crippen molar-refractivity contribution in [2.45, 2.75) is 50.3 Å². The van der Waals surface area contributed by atoms with Gasteiger partial charge in [0.05, 0.1) is 25.9 Å². The average molecular weight is 283 g/mol. The van der Waals surface area contributed by atoms with Crippen molar-refractivity contribution in [3.05, 3.63) is 0 Å². The quantitative estimate of drug-likeness (QED) is 0.853. The maximum Gasteiger partial charge on any atom is 0.401 e. The predicted molar refractivity (Wildman–Crippen MR) is 61.6 cm³/mol. The van der Waals surface area contributed by atoms with Gasteiger partial charge < -0.3 is 14.6 Å². The number of ether oxygens (including phenoxy) is 2. The fraction of sp³-hybridized carbons (Fsp3) is 1.00. The number of nitrogens with zero attached hydrogens (tertiary/aromatic N) is 1. The third kappa shape index (κ3) is 3.59. The molecule has 0 aromatic rings. The molecule has 1 spiro atoms. The van der Waals surface area contributed by atoms with Crippen LogP contribution in [0.4, 0.5) is 13.2 Å². The smallest absolute Gasteiger partial charge is 0.391 e. The first-order valence-electron chi connectivity index (χ1n) is 6.62. The largest absolute Gasteiger partial charge is 0.401 e. The molecule has 2 rings (SSSR count). The van der Waals surface area contributed by atoms with Gasteiger partial charge in [0.2, 0.25) is 0 Å². The lowest BCUT2D eigenvalue weighted by molar-refractivity contribution is -0.215. The fourth-order valence-corrected chi connectivity index (χ4v) is 2.94. The molecule has 0 bridgehead atoms. The van der Waals surface area contributed by atoms with E-state index in [0.717, 1.165) is 0 Å². The third-order valence-electron chi connectivity index (χ3n) is 3.86. The second-order valence-electron chi connectivity index (χ2n) is 5.16. The molecule has 1 aliphatic heterocycles. The Kier molecular flexibility index (Phi) is 4.39. The molecular weight excluding hydrogens is 263 g/mol. The molecule has 1 saturated carbocycles. The number of halogens is 3. The molecule has 1 saturated heterocycles. The lowest BCUT2D eigenvalue weighted by Gasteiger charge is -2.43. The van der Waals surface area contributed by atoms with Crippen molar-refractivity contribution in [1.82, 2.24) is 4.90 Å². The molecule has 1 aliphatic carbocycles. The van der Waals surface area contributed by atoms with Crippen molar-refractivity contribution >= 4 is 0 Å². The fourth-order valence-electron chi connectivity index (χ4n) is 2.94. The van der Waals surface area contributed by atoms with Crippen LogP contribution in [0.2, 0.25) is 0 Å². The minimum Gasteiger partial charge on any atom is -0.391 e. The average Bonchev–Trinajstić information content (AvgIpc) is 2.77. The summed E-state index contributed by atoms with van der Waals surface area (Å²) < 4.78 is 48.8. The number of hydrogen-bond donors (Lipinski definition) is 1. The van der Waals surface area contributed by atoms with Crippen LogP contribution in [0, 0.1) is 0 Å². The van der Waals surface area contributed by atoms with Crippen LogP contribution >= 0.6 is 0 Å². The summed E-state index contributed by atoms with van der Waals surface area (Å²) in [5, 5.41) is 9.99. The van der Waals surface area contributed by atoms with E-state index < -0.39 is 30.7 Å². The maximum atomic E-state index is 12.6. The van der Waals surface area contributed by atoms with Crippen LogP contribution in [0.25, 0.3) is 0 Å². The number of rotatable bonds is 3. The number of aliphatic hydroxyl groups excluding tert-OH is 1. The summed E-state index contributed by atoms with van der Waals surface area (Å²) in [4.78, 5) is 1.26. The van der Waals surface area contributed by atoms with E-state index in [0.29, 0.717) is 26.1 Å². The van der Waals surface area contributed by atoms with Gasteiger partial charge in [-0.25, -0.2) is 0 Å². The van der Waals surface area contributed by atoms with Gasteiger partial charge in [-0.2, -0.15) is 13.2 Å². The molecule has 2 atom stereocenters. The summed E-state index contributed by atoms with van der Waals surface area (Å²) in [7, 11) is 0. The highest BCUT2D eigenvalue weighted by Crippen LogP contribution is 2.38. The van der Waals surface area contributed by atoms with Crippen molar-refractivity contribution in [2.24, 2.45) is 0 Å². The second kappa shape index (κ2) is 5.55. The van der Waals surface area contributed by atoms with E-state index in [1.807, 2.05) is 0 Å². The zero-order valence-electron chi connectivity index (χ0n) is 10.9. The molecule has 2 aliphatic rings. The first-order chi connectivity index (χ1) is 8.85. The van der Waals surface area contributed by atoms with Crippen LogP contribution in [0.1, 0.15) is 26.2 Å². The molecule has 0 aromatic carbocycles. The summed E-state index contributed by atoms with van der Waals surface area (Å²) in [6.07, 6.45) is -3.80. The Bertz CT molecular complexity index is 305. The molecule has 1 N–H and O–H groups in total. The van der Waals surface area contributed by atoms with Gasteiger partial charge >= 0.3 is 6.18 Å². The van der Waals surface area contributed by atoms with E-state index in [1.165, 1.54) is 4.90 Å². The topological polar surface area (TPSA) is 41.9 Å². The van der Waals surface area contributed by atoms with Crippen molar-refractivity contribution in [1.29, 1.82) is 0 Å². The summed E-state index contributed by atoms with van der Waals surface area (Å²) in [6.45, 7) is 1.82. The Morgan fingerprint density at radius 3 is 2.47 bits per heavy atom. The standard InChI is InChI=1S/C12H20F3NO3/c1-2-16(8-12(13,14)15)9-7-11(4-3-10(9)17)18-5-6-19-11/h9-10,17H,2-8H2,1H3. The monoisotopic (exact) mass is 283 g/mol. The molecule has 0 radical (unpaired) electrons. The molecule has 1 heterocycles. The van der Waals surface area contributed by atoms with Crippen molar-refractivity contribution in [3.8, 4) is 0 Å². The molecule has 0 amide bonds. The summed E-state index contributed by atoms with van der Waals surface area (Å²) >= 11 is 0. The highest BCUT2D eigenvalue weighted by molar-refractivity contribution is 4.93. The highest BCUT2D eigenvalue weighted by Gasteiger charge is 2.47. The molecule has 2 unspecified atom stereocenters. The number of alkyl halides is 3. The van der Waals surface area contributed by atoms with Crippen LogP contribution in [-0.4, -0.2) is 60.4 Å². The van der Waals surface area contributed by atoms with Crippen molar-refractivity contribution < 1.29 is 27.8 Å². The van der Waals surface area contributed by atoms with Crippen LogP contribution < -0.4 is 0 Å². The zero-order chi connectivity index (χ0) is 14.1. The van der Waals surface area contributed by atoms with Gasteiger partial charge in [0, 0.05) is 18.9 Å². The van der Waals surface area contributed by atoms with Crippen LogP contribution in [0.15, 0.2) is 0 Å². The summed E-state index contributed by atoms with van der Waals surface area (Å²) in [5.74, 6) is -0.789. The number of likely N-dealkylation sites (N-methyl/N-ethyl adjacent to an activating group) is 1. The summed E-state index contributed by atoms with van der Waals surface area (Å²) in [5.41, 5.74) is 0. The van der Waals surface area contributed by atoms with Gasteiger partial charge in [-0.1, -0.05) is 6.92 Å². The Hall–Kier alpha value is -0.370. The third-order valence-corrected chi connectivity index (χ3v) is 3.86. The van der Waals surface area contributed by atoms with Gasteiger partial charge in [-0.3, -0.25) is 4.90 Å². The van der Waals surface area contributed by atoms with Crippen LogP contribution in [0.5, 0.6) is 0 Å². The number of hydrogen-bond acceptors (Lipinski definition) is 4. The van der Waals surface area contributed by atoms with E-state index in [1.54, 1.807) is 6.92 Å². The second-order valence-corrected chi connectivity index (χ2v) is 5.16. The van der Waals surface area contributed by atoms with E-state index >= 15 is 0 Å².